The SMILES string of the molecule is CC[C@H](C)[C@H]1O[C@]2(CC[C@@H]1C)C[C@@H]1C[C@@H](C/C=C(\C)[C@@H](OC(C)=O)[C@@H](C)/C=C/C=C3\CO[C@@H]4[C@H](OC(C)=O)C(C)=C[C@@H](C(=O)O1)[C@]34O)O2. The van der Waals surface area contributed by atoms with Gasteiger partial charge < -0.3 is 33.5 Å². The molecule has 0 radical (unpaired) electrons. The smallest absolute Gasteiger partial charge is 0.316 e. The van der Waals surface area contributed by atoms with E-state index in [-0.39, 0.29) is 30.7 Å². The number of hydrogen-bond donors (Lipinski definition) is 1. The molecule has 10 heteroatoms. The van der Waals surface area contributed by atoms with Crippen molar-refractivity contribution in [2.45, 2.75) is 142 Å². The summed E-state index contributed by atoms with van der Waals surface area (Å²) in [5, 5.41) is 12.5. The lowest BCUT2D eigenvalue weighted by Gasteiger charge is -2.51. The molecule has 10 nitrogen and oxygen atoms in total. The summed E-state index contributed by atoms with van der Waals surface area (Å²) in [6.07, 6.45) is 9.74. The lowest BCUT2D eigenvalue weighted by molar-refractivity contribution is -0.340. The Morgan fingerprint density at radius 2 is 1.77 bits per heavy atom. The average Bonchev–Trinajstić information content (AvgIpc) is 3.36. The highest BCUT2D eigenvalue weighted by molar-refractivity contribution is 5.79. The standard InChI is InChI=1S/C38H54O10/c1-9-21(2)33-24(5)15-16-37(48-33)19-30-18-29(47-37)14-13-23(4)32(44-26(7)39)22(3)11-10-12-28-20-43-35-34(45-27(8)40)25(6)17-31(36(41)46-30)38(28,35)42/h10-13,17,21-22,24,29-35,42H,9,14-16,18-20H2,1-8H3/b11-10+,23-13+,28-12+/t21-,22-,24-,29+,30-,31-,32-,33+,34+,35+,37+,38+/m0/s1. The molecule has 0 amide bonds. The monoisotopic (exact) mass is 670 g/mol. The van der Waals surface area contributed by atoms with Crippen LogP contribution in [0.15, 0.2) is 47.1 Å². The van der Waals surface area contributed by atoms with Crippen LogP contribution in [0, 0.1) is 23.7 Å². The quantitative estimate of drug-likeness (QED) is 0.227. The maximum atomic E-state index is 14.3. The number of rotatable bonds is 4. The Balaban J connectivity index is 1.58. The van der Waals surface area contributed by atoms with Gasteiger partial charge in [-0.3, -0.25) is 14.4 Å². The van der Waals surface area contributed by atoms with E-state index in [0.717, 1.165) is 18.4 Å². The second-order valence-corrected chi connectivity index (χ2v) is 14.8. The Hall–Kier alpha value is -2.79. The molecule has 2 bridgehead atoms. The summed E-state index contributed by atoms with van der Waals surface area (Å²) >= 11 is 0. The molecule has 4 heterocycles. The molecule has 48 heavy (non-hydrogen) atoms. The normalized spacial score (nSPS) is 43.7. The van der Waals surface area contributed by atoms with Crippen molar-refractivity contribution in [3.05, 3.63) is 47.1 Å². The van der Waals surface area contributed by atoms with Crippen LogP contribution in [-0.2, 0) is 42.8 Å². The molecule has 0 saturated carbocycles. The zero-order chi connectivity index (χ0) is 35.0. The third kappa shape index (κ3) is 7.37. The Morgan fingerprint density at radius 1 is 1.06 bits per heavy atom. The largest absolute Gasteiger partial charge is 0.462 e. The van der Waals surface area contributed by atoms with Gasteiger partial charge in [-0.1, -0.05) is 64.5 Å². The minimum absolute atomic E-state index is 0.00177. The molecule has 5 aliphatic rings. The second kappa shape index (κ2) is 14.6. The zero-order valence-electron chi connectivity index (χ0n) is 29.7. The van der Waals surface area contributed by atoms with Crippen LogP contribution in [0.3, 0.4) is 0 Å². The van der Waals surface area contributed by atoms with Crippen molar-refractivity contribution in [2.24, 2.45) is 23.7 Å². The van der Waals surface area contributed by atoms with Gasteiger partial charge in [0.2, 0.25) is 0 Å². The predicted octanol–water partition coefficient (Wildman–Crippen LogP) is 5.67. The molecule has 4 aliphatic heterocycles. The summed E-state index contributed by atoms with van der Waals surface area (Å²) in [4.78, 5) is 38.5. The van der Waals surface area contributed by atoms with Crippen LogP contribution in [0.1, 0.15) is 93.9 Å². The highest BCUT2D eigenvalue weighted by atomic mass is 16.7. The number of esters is 3. The summed E-state index contributed by atoms with van der Waals surface area (Å²) in [5.74, 6) is -3.02. The van der Waals surface area contributed by atoms with Gasteiger partial charge in [-0.2, -0.15) is 0 Å². The molecule has 266 valence electrons. The van der Waals surface area contributed by atoms with Crippen molar-refractivity contribution in [2.75, 3.05) is 6.61 Å². The molecule has 1 aliphatic carbocycles. The second-order valence-electron chi connectivity index (χ2n) is 14.8. The summed E-state index contributed by atoms with van der Waals surface area (Å²) in [5.41, 5.74) is 0.126. The van der Waals surface area contributed by atoms with E-state index in [1.54, 1.807) is 25.2 Å². The number of carbonyl (C=O) groups is 3. The molecular formula is C38H54O10. The Morgan fingerprint density at radius 3 is 2.46 bits per heavy atom. The van der Waals surface area contributed by atoms with Gasteiger partial charge in [-0.05, 0) is 55.2 Å². The third-order valence-electron chi connectivity index (χ3n) is 11.0. The number of allylic oxidation sites excluding steroid dienone is 2. The van der Waals surface area contributed by atoms with Crippen molar-refractivity contribution < 1.29 is 47.9 Å². The van der Waals surface area contributed by atoms with Crippen molar-refractivity contribution in [3.8, 4) is 0 Å². The van der Waals surface area contributed by atoms with Gasteiger partial charge in [0.15, 0.2) is 11.9 Å². The summed E-state index contributed by atoms with van der Waals surface area (Å²) in [7, 11) is 0. The predicted molar refractivity (Wildman–Crippen MR) is 177 cm³/mol. The summed E-state index contributed by atoms with van der Waals surface area (Å²) < 4.78 is 37.5. The van der Waals surface area contributed by atoms with Crippen LogP contribution < -0.4 is 0 Å². The molecule has 3 saturated heterocycles. The van der Waals surface area contributed by atoms with Gasteiger partial charge >= 0.3 is 17.9 Å². The van der Waals surface area contributed by atoms with E-state index >= 15 is 0 Å². The average molecular weight is 671 g/mol. The Bertz CT molecular complexity index is 1360. The Labute approximate surface area is 284 Å². The van der Waals surface area contributed by atoms with Crippen LogP contribution in [0.4, 0.5) is 0 Å². The zero-order valence-corrected chi connectivity index (χ0v) is 29.7. The minimum Gasteiger partial charge on any atom is -0.462 e. The fraction of sp³-hybridized carbons (Fsp3) is 0.711. The first-order valence-corrected chi connectivity index (χ1v) is 17.6. The van der Waals surface area contributed by atoms with Crippen LogP contribution in [0.25, 0.3) is 0 Å². The lowest BCUT2D eigenvalue weighted by atomic mass is 9.70. The molecule has 12 atom stereocenters. The van der Waals surface area contributed by atoms with Crippen molar-refractivity contribution >= 4 is 17.9 Å². The molecule has 3 fully saturated rings. The number of carbonyl (C=O) groups excluding carboxylic acids is 3. The molecule has 1 spiro atoms. The fourth-order valence-electron chi connectivity index (χ4n) is 8.24. The van der Waals surface area contributed by atoms with Gasteiger partial charge in [0, 0.05) is 39.0 Å². The molecule has 0 aromatic rings. The van der Waals surface area contributed by atoms with E-state index in [9.17, 15) is 19.5 Å². The van der Waals surface area contributed by atoms with E-state index in [0.29, 0.717) is 48.7 Å². The van der Waals surface area contributed by atoms with E-state index in [2.05, 4.69) is 26.8 Å². The van der Waals surface area contributed by atoms with Crippen molar-refractivity contribution in [3.63, 3.8) is 0 Å². The molecule has 1 N–H and O–H groups in total. The maximum Gasteiger partial charge on any atom is 0.316 e. The van der Waals surface area contributed by atoms with E-state index in [1.807, 2.05) is 19.9 Å². The molecular weight excluding hydrogens is 616 g/mol. The van der Waals surface area contributed by atoms with E-state index in [4.69, 9.17) is 28.4 Å². The van der Waals surface area contributed by atoms with Gasteiger partial charge in [-0.15, -0.1) is 0 Å². The van der Waals surface area contributed by atoms with Crippen LogP contribution >= 0.6 is 0 Å². The van der Waals surface area contributed by atoms with Crippen LogP contribution in [0.5, 0.6) is 0 Å². The number of hydrogen-bond acceptors (Lipinski definition) is 10. The minimum atomic E-state index is -1.83. The molecule has 0 aromatic heterocycles. The van der Waals surface area contributed by atoms with Gasteiger partial charge in [0.25, 0.3) is 0 Å². The highest BCUT2D eigenvalue weighted by Gasteiger charge is 2.61. The summed E-state index contributed by atoms with van der Waals surface area (Å²) in [6.45, 7) is 15.0. The first kappa shape index (κ1) is 36.5. The first-order chi connectivity index (χ1) is 22.7. The first-order valence-electron chi connectivity index (χ1n) is 17.6. The fourth-order valence-corrected chi connectivity index (χ4v) is 8.24. The summed E-state index contributed by atoms with van der Waals surface area (Å²) in [6, 6.07) is 0. The van der Waals surface area contributed by atoms with Crippen molar-refractivity contribution in [1.82, 2.24) is 0 Å². The van der Waals surface area contributed by atoms with Gasteiger partial charge in [0.05, 0.1) is 18.8 Å². The topological polar surface area (TPSA) is 127 Å². The number of ether oxygens (including phenoxy) is 6. The van der Waals surface area contributed by atoms with E-state index in [1.165, 1.54) is 13.8 Å². The molecule has 0 unspecified atom stereocenters. The Kier molecular flexibility index (Phi) is 11.1. The number of aliphatic hydroxyl groups is 1. The molecule has 5 rings (SSSR count). The maximum absolute atomic E-state index is 14.3. The van der Waals surface area contributed by atoms with Crippen LogP contribution in [-0.4, -0.2) is 77.6 Å². The highest BCUT2D eigenvalue weighted by Crippen LogP contribution is 2.48. The number of fused-ring (bicyclic) bond motifs is 2. The third-order valence-corrected chi connectivity index (χ3v) is 11.0. The lowest BCUT2D eigenvalue weighted by Crippen LogP contribution is -2.59. The molecule has 0 aromatic carbocycles. The van der Waals surface area contributed by atoms with Crippen LogP contribution in [0.2, 0.25) is 0 Å². The van der Waals surface area contributed by atoms with E-state index < -0.39 is 53.7 Å². The van der Waals surface area contributed by atoms with Gasteiger partial charge in [-0.25, -0.2) is 0 Å². The van der Waals surface area contributed by atoms with Gasteiger partial charge in [0.1, 0.15) is 29.8 Å². The van der Waals surface area contributed by atoms with Crippen molar-refractivity contribution in [1.29, 1.82) is 0 Å².